The second-order valence-electron chi connectivity index (χ2n) is 4.00. The molecule has 1 saturated heterocycles. The minimum atomic E-state index is -3.78. The van der Waals surface area contributed by atoms with Crippen molar-refractivity contribution in [3.8, 4) is 0 Å². The van der Waals surface area contributed by atoms with Crippen molar-refractivity contribution >= 4 is 19.9 Å². The fraction of sp³-hybridized carbons (Fsp3) is 1.00. The van der Waals surface area contributed by atoms with E-state index in [-0.39, 0.29) is 13.1 Å². The van der Waals surface area contributed by atoms with Crippen molar-refractivity contribution in [2.24, 2.45) is 0 Å². The Balaban J connectivity index is 2.69. The number of sulfonamides is 1. The second-order valence-corrected chi connectivity index (χ2v) is 8.48. The first kappa shape index (κ1) is 12.9. The Morgan fingerprint density at radius 2 is 1.73 bits per heavy atom. The smallest absolute Gasteiger partial charge is 0.228 e. The lowest BCUT2D eigenvalue weighted by atomic mass is 9.94. The predicted octanol–water partition coefficient (Wildman–Crippen LogP) is -1.22. The van der Waals surface area contributed by atoms with Crippen LogP contribution >= 0.6 is 0 Å². The molecule has 0 aliphatic carbocycles. The Morgan fingerprint density at radius 3 is 2.07 bits per heavy atom. The maximum absolute atomic E-state index is 11.5. The fourth-order valence-electron chi connectivity index (χ4n) is 1.38. The molecule has 0 unspecified atom stereocenters. The van der Waals surface area contributed by atoms with E-state index in [1.165, 1.54) is 0 Å². The summed E-state index contributed by atoms with van der Waals surface area (Å²) in [4.78, 5) is 0. The van der Waals surface area contributed by atoms with E-state index in [2.05, 4.69) is 0 Å². The van der Waals surface area contributed by atoms with Gasteiger partial charge in [-0.1, -0.05) is 6.92 Å². The molecule has 0 bridgehead atoms. The van der Waals surface area contributed by atoms with Crippen LogP contribution in [0.25, 0.3) is 0 Å². The zero-order chi connectivity index (χ0) is 11.9. The van der Waals surface area contributed by atoms with Crippen LogP contribution in [0.4, 0.5) is 0 Å². The maximum Gasteiger partial charge on any atom is 0.228 e. The highest BCUT2D eigenvalue weighted by Crippen LogP contribution is 2.27. The highest BCUT2D eigenvalue weighted by Gasteiger charge is 2.46. The number of sulfone groups is 1. The third-order valence-electron chi connectivity index (χ3n) is 2.36. The average Bonchev–Trinajstić information content (AvgIpc) is 1.93. The maximum atomic E-state index is 11.5. The van der Waals surface area contributed by atoms with Gasteiger partial charge >= 0.3 is 0 Å². The van der Waals surface area contributed by atoms with E-state index in [1.54, 1.807) is 6.92 Å². The molecule has 1 heterocycles. The molecule has 1 fully saturated rings. The summed E-state index contributed by atoms with van der Waals surface area (Å²) in [5.41, 5.74) is -0.982. The number of aliphatic hydroxyl groups is 1. The van der Waals surface area contributed by atoms with Crippen molar-refractivity contribution in [2.45, 2.75) is 18.9 Å². The fourth-order valence-corrected chi connectivity index (χ4v) is 5.01. The molecule has 0 amide bonds. The highest BCUT2D eigenvalue weighted by molar-refractivity contribution is 8.06. The Hall–Kier alpha value is -0.180. The summed E-state index contributed by atoms with van der Waals surface area (Å²) >= 11 is 0. The molecule has 1 aliphatic heterocycles. The quantitative estimate of drug-likeness (QED) is 0.681. The molecule has 1 aliphatic rings. The van der Waals surface area contributed by atoms with E-state index in [4.69, 9.17) is 0 Å². The summed E-state index contributed by atoms with van der Waals surface area (Å²) < 4.78 is 45.6. The topological polar surface area (TPSA) is 91.8 Å². The van der Waals surface area contributed by atoms with Gasteiger partial charge < -0.3 is 5.11 Å². The molecule has 0 aromatic heterocycles. The molecule has 1 rings (SSSR count). The van der Waals surface area contributed by atoms with Crippen molar-refractivity contribution in [1.29, 1.82) is 0 Å². The normalized spacial score (nSPS) is 22.3. The first-order chi connectivity index (χ1) is 6.58. The summed E-state index contributed by atoms with van der Waals surface area (Å²) in [6.45, 7) is 1.73. The summed E-state index contributed by atoms with van der Waals surface area (Å²) in [6, 6.07) is 0. The summed E-state index contributed by atoms with van der Waals surface area (Å²) in [6.07, 6.45) is 1.33. The van der Waals surface area contributed by atoms with Crippen LogP contribution in [0.5, 0.6) is 0 Å². The van der Waals surface area contributed by atoms with Crippen LogP contribution in [0.1, 0.15) is 13.3 Å². The third-order valence-corrected chi connectivity index (χ3v) is 6.30. The van der Waals surface area contributed by atoms with Crippen molar-refractivity contribution in [3.63, 3.8) is 0 Å². The number of hydrogen-bond acceptors (Lipinski definition) is 5. The first-order valence-corrected chi connectivity index (χ1v) is 8.13. The Labute approximate surface area is 89.9 Å². The van der Waals surface area contributed by atoms with Gasteiger partial charge in [0.2, 0.25) is 10.0 Å². The van der Waals surface area contributed by atoms with Gasteiger partial charge in [0.05, 0.1) is 5.60 Å². The predicted molar refractivity (Wildman–Crippen MR) is 55.4 cm³/mol. The molecule has 0 radical (unpaired) electrons. The second kappa shape index (κ2) is 3.69. The number of rotatable bonds is 4. The minimum absolute atomic E-state index is 0.0125. The molecule has 8 heteroatoms. The van der Waals surface area contributed by atoms with Crippen molar-refractivity contribution in [2.75, 3.05) is 24.4 Å². The molecule has 90 valence electrons. The summed E-state index contributed by atoms with van der Waals surface area (Å²) in [7, 11) is -7.34. The number of β-amino-alcohol motifs (C(OH)–C–C–N with tert-alkyl or cyclic N) is 1. The average molecular weight is 257 g/mol. The van der Waals surface area contributed by atoms with Crippen molar-refractivity contribution in [1.82, 2.24) is 4.31 Å². The zero-order valence-electron chi connectivity index (χ0n) is 8.67. The zero-order valence-corrected chi connectivity index (χ0v) is 10.3. The molecule has 0 saturated carbocycles. The highest BCUT2D eigenvalue weighted by atomic mass is 32.3. The van der Waals surface area contributed by atoms with Crippen LogP contribution in [0.3, 0.4) is 0 Å². The largest absolute Gasteiger partial charge is 0.387 e. The lowest BCUT2D eigenvalue weighted by molar-refractivity contribution is -0.0611. The van der Waals surface area contributed by atoms with Gasteiger partial charge in [-0.2, -0.15) is 4.31 Å². The van der Waals surface area contributed by atoms with Gasteiger partial charge in [0.1, 0.15) is 0 Å². The number of nitrogens with zero attached hydrogens (tertiary/aromatic N) is 1. The third kappa shape index (κ3) is 3.13. The monoisotopic (exact) mass is 257 g/mol. The van der Waals surface area contributed by atoms with Crippen LogP contribution in [0.15, 0.2) is 0 Å². The lowest BCUT2D eigenvalue weighted by Gasteiger charge is -2.44. The molecular formula is C7H15NO5S2. The Bertz CT molecular complexity index is 432. The van der Waals surface area contributed by atoms with Gasteiger partial charge in [-0.15, -0.1) is 0 Å². The summed E-state index contributed by atoms with van der Waals surface area (Å²) in [5, 5.41) is 8.71. The molecule has 6 nitrogen and oxygen atoms in total. The summed E-state index contributed by atoms with van der Waals surface area (Å²) in [5.74, 6) is 0. The number of hydrogen-bond donors (Lipinski definition) is 1. The standard InChI is InChI=1S/C7H15NO5S2/c1-3-7(9)4-8(5-7)15(12,13)6-14(2,10)11/h9H,3-6H2,1-2H3. The van der Waals surface area contributed by atoms with E-state index >= 15 is 0 Å². The van der Waals surface area contributed by atoms with Gasteiger partial charge in [0.25, 0.3) is 0 Å². The molecule has 0 aromatic rings. The Kier molecular flexibility index (Phi) is 3.17. The molecule has 0 atom stereocenters. The van der Waals surface area contributed by atoms with Gasteiger partial charge in [-0.3, -0.25) is 0 Å². The van der Waals surface area contributed by atoms with E-state index in [0.29, 0.717) is 6.42 Å². The van der Waals surface area contributed by atoms with Crippen LogP contribution in [-0.4, -0.2) is 56.3 Å². The van der Waals surface area contributed by atoms with Crippen molar-refractivity contribution < 1.29 is 21.9 Å². The van der Waals surface area contributed by atoms with E-state index in [9.17, 15) is 21.9 Å². The van der Waals surface area contributed by atoms with Crippen LogP contribution in [0.2, 0.25) is 0 Å². The van der Waals surface area contributed by atoms with Crippen LogP contribution in [-0.2, 0) is 19.9 Å². The van der Waals surface area contributed by atoms with Gasteiger partial charge in [-0.25, -0.2) is 16.8 Å². The molecule has 1 N–H and O–H groups in total. The van der Waals surface area contributed by atoms with Gasteiger partial charge in [0.15, 0.2) is 14.9 Å². The lowest BCUT2D eigenvalue weighted by Crippen LogP contribution is -2.63. The Morgan fingerprint density at radius 1 is 1.27 bits per heavy atom. The van der Waals surface area contributed by atoms with Crippen LogP contribution in [0, 0.1) is 0 Å². The first-order valence-electron chi connectivity index (χ1n) is 4.46. The SMILES string of the molecule is CCC1(O)CN(S(=O)(=O)CS(C)(=O)=O)C1. The van der Waals surface area contributed by atoms with E-state index in [0.717, 1.165) is 10.6 Å². The molecule has 0 aromatic carbocycles. The van der Waals surface area contributed by atoms with Crippen molar-refractivity contribution in [3.05, 3.63) is 0 Å². The molecule has 0 spiro atoms. The van der Waals surface area contributed by atoms with Crippen LogP contribution < -0.4 is 0 Å². The van der Waals surface area contributed by atoms with E-state index in [1.807, 2.05) is 0 Å². The van der Waals surface area contributed by atoms with Gasteiger partial charge in [-0.05, 0) is 6.42 Å². The molecular weight excluding hydrogens is 242 g/mol. The molecule has 15 heavy (non-hydrogen) atoms. The van der Waals surface area contributed by atoms with Gasteiger partial charge in [0, 0.05) is 19.3 Å². The van der Waals surface area contributed by atoms with E-state index < -0.39 is 30.5 Å². The minimum Gasteiger partial charge on any atom is -0.387 e.